The average Bonchev–Trinajstić information content (AvgIpc) is 3.64. The monoisotopic (exact) mass is 560 g/mol. The van der Waals surface area contributed by atoms with Crippen molar-refractivity contribution in [1.29, 1.82) is 0 Å². The molecule has 2 aromatic heterocycles. The highest BCUT2D eigenvalue weighted by molar-refractivity contribution is 6.25. The van der Waals surface area contributed by atoms with Crippen molar-refractivity contribution < 1.29 is 0 Å². The van der Waals surface area contributed by atoms with Crippen molar-refractivity contribution in [2.24, 2.45) is 0 Å². The van der Waals surface area contributed by atoms with Crippen LogP contribution in [0.5, 0.6) is 0 Å². The lowest BCUT2D eigenvalue weighted by Crippen LogP contribution is -2.01. The van der Waals surface area contributed by atoms with Crippen molar-refractivity contribution in [3.05, 3.63) is 164 Å². The van der Waals surface area contributed by atoms with E-state index in [1.54, 1.807) is 0 Å². The molecule has 0 aliphatic heterocycles. The van der Waals surface area contributed by atoms with Crippen LogP contribution in [0.15, 0.2) is 164 Å². The molecule has 2 nitrogen and oxygen atoms in total. The molecule has 0 atom stereocenters. The second kappa shape index (κ2) is 9.86. The molecule has 44 heavy (non-hydrogen) atoms. The van der Waals surface area contributed by atoms with Gasteiger partial charge in [-0.2, -0.15) is 0 Å². The van der Waals surface area contributed by atoms with E-state index in [0.717, 1.165) is 11.0 Å². The first-order valence-corrected chi connectivity index (χ1v) is 15.1. The van der Waals surface area contributed by atoms with Crippen LogP contribution in [0.2, 0.25) is 0 Å². The van der Waals surface area contributed by atoms with Crippen molar-refractivity contribution in [3.63, 3.8) is 0 Å². The smallest absolute Gasteiger partial charge is 0.0641 e. The van der Waals surface area contributed by atoms with Gasteiger partial charge in [0.2, 0.25) is 0 Å². The van der Waals surface area contributed by atoms with Crippen LogP contribution in [-0.2, 0) is 0 Å². The molecule has 7 aromatic carbocycles. The molecule has 0 bridgehead atoms. The number of nitrogens with zero attached hydrogens (tertiary/aromatic N) is 1. The SMILES string of the molecule is c1ccc(-c2cccc(-c3cccc(-c4ccccc4)c3-n3c4ccccc4c4ccc5[nH]c6ccccc6c5c43)c2)cc1. The summed E-state index contributed by atoms with van der Waals surface area (Å²) in [5, 5.41) is 4.99. The lowest BCUT2D eigenvalue weighted by molar-refractivity contribution is 1.19. The minimum absolute atomic E-state index is 1.15. The number of benzene rings is 7. The van der Waals surface area contributed by atoms with Gasteiger partial charge in [-0.15, -0.1) is 0 Å². The van der Waals surface area contributed by atoms with Gasteiger partial charge in [0.05, 0.1) is 16.7 Å². The molecule has 9 aromatic rings. The predicted octanol–water partition coefficient (Wildman–Crippen LogP) is 11.4. The van der Waals surface area contributed by atoms with Gasteiger partial charge in [0, 0.05) is 43.7 Å². The summed E-state index contributed by atoms with van der Waals surface area (Å²) in [4.78, 5) is 3.70. The first-order valence-electron chi connectivity index (χ1n) is 15.1. The van der Waals surface area contributed by atoms with Crippen molar-refractivity contribution in [3.8, 4) is 39.1 Å². The van der Waals surface area contributed by atoms with Crippen molar-refractivity contribution in [2.75, 3.05) is 0 Å². The van der Waals surface area contributed by atoms with Crippen molar-refractivity contribution in [1.82, 2.24) is 9.55 Å². The Balaban J connectivity index is 1.46. The number of aromatic amines is 1. The van der Waals surface area contributed by atoms with E-state index in [9.17, 15) is 0 Å². The average molecular weight is 561 g/mol. The van der Waals surface area contributed by atoms with E-state index < -0.39 is 0 Å². The zero-order valence-corrected chi connectivity index (χ0v) is 24.0. The fourth-order valence-corrected chi connectivity index (χ4v) is 6.99. The number of rotatable bonds is 4. The van der Waals surface area contributed by atoms with E-state index in [1.165, 1.54) is 71.6 Å². The Morgan fingerprint density at radius 2 is 1.00 bits per heavy atom. The molecule has 0 aliphatic carbocycles. The molecule has 2 heterocycles. The molecule has 0 saturated heterocycles. The molecule has 206 valence electrons. The van der Waals surface area contributed by atoms with Gasteiger partial charge < -0.3 is 9.55 Å². The summed E-state index contributed by atoms with van der Waals surface area (Å²) in [5.41, 5.74) is 13.1. The van der Waals surface area contributed by atoms with Crippen LogP contribution in [0.4, 0.5) is 0 Å². The third kappa shape index (κ3) is 3.75. The highest BCUT2D eigenvalue weighted by atomic mass is 15.0. The van der Waals surface area contributed by atoms with Gasteiger partial charge in [-0.3, -0.25) is 0 Å². The molecule has 9 rings (SSSR count). The maximum absolute atomic E-state index is 3.70. The van der Waals surface area contributed by atoms with Crippen LogP contribution >= 0.6 is 0 Å². The quantitative estimate of drug-likeness (QED) is 0.221. The number of hydrogen-bond donors (Lipinski definition) is 1. The van der Waals surface area contributed by atoms with Crippen LogP contribution in [0.25, 0.3) is 82.7 Å². The number of para-hydroxylation sites is 3. The largest absolute Gasteiger partial charge is 0.354 e. The van der Waals surface area contributed by atoms with Gasteiger partial charge in [0.1, 0.15) is 0 Å². The third-order valence-electron chi connectivity index (χ3n) is 8.93. The van der Waals surface area contributed by atoms with Crippen LogP contribution < -0.4 is 0 Å². The van der Waals surface area contributed by atoms with Crippen LogP contribution in [-0.4, -0.2) is 9.55 Å². The van der Waals surface area contributed by atoms with Crippen LogP contribution in [0.1, 0.15) is 0 Å². The summed E-state index contributed by atoms with van der Waals surface area (Å²) in [6.45, 7) is 0. The summed E-state index contributed by atoms with van der Waals surface area (Å²) in [7, 11) is 0. The van der Waals surface area contributed by atoms with E-state index in [2.05, 4.69) is 173 Å². The number of fused-ring (bicyclic) bond motifs is 7. The first-order chi connectivity index (χ1) is 21.8. The third-order valence-corrected chi connectivity index (χ3v) is 8.93. The Morgan fingerprint density at radius 3 is 1.82 bits per heavy atom. The van der Waals surface area contributed by atoms with E-state index in [-0.39, 0.29) is 0 Å². The Morgan fingerprint density at radius 1 is 0.386 bits per heavy atom. The number of H-pyrrole nitrogens is 1. The summed E-state index contributed by atoms with van der Waals surface area (Å²) in [5.74, 6) is 0. The molecule has 0 saturated carbocycles. The molecule has 2 heteroatoms. The first kappa shape index (κ1) is 24.7. The number of nitrogens with one attached hydrogen (secondary N) is 1. The van der Waals surface area contributed by atoms with Crippen LogP contribution in [0, 0.1) is 0 Å². The molecule has 0 spiro atoms. The Kier molecular flexibility index (Phi) is 5.54. The Hall–Kier alpha value is -5.86. The van der Waals surface area contributed by atoms with Gasteiger partial charge in [-0.1, -0.05) is 140 Å². The van der Waals surface area contributed by atoms with E-state index in [4.69, 9.17) is 0 Å². The second-order valence-corrected chi connectivity index (χ2v) is 11.4. The summed E-state index contributed by atoms with van der Waals surface area (Å²) >= 11 is 0. The fourth-order valence-electron chi connectivity index (χ4n) is 6.99. The van der Waals surface area contributed by atoms with Crippen molar-refractivity contribution >= 4 is 43.6 Å². The van der Waals surface area contributed by atoms with E-state index in [0.29, 0.717) is 0 Å². The zero-order valence-electron chi connectivity index (χ0n) is 24.0. The number of hydrogen-bond acceptors (Lipinski definition) is 0. The van der Waals surface area contributed by atoms with E-state index in [1.807, 2.05) is 0 Å². The van der Waals surface area contributed by atoms with Gasteiger partial charge in [-0.05, 0) is 46.5 Å². The maximum Gasteiger partial charge on any atom is 0.0641 e. The topological polar surface area (TPSA) is 20.7 Å². The maximum atomic E-state index is 3.70. The zero-order chi connectivity index (χ0) is 29.0. The van der Waals surface area contributed by atoms with Crippen LogP contribution in [0.3, 0.4) is 0 Å². The predicted molar refractivity (Wildman–Crippen MR) is 186 cm³/mol. The molecule has 1 N–H and O–H groups in total. The van der Waals surface area contributed by atoms with E-state index >= 15 is 0 Å². The summed E-state index contributed by atoms with van der Waals surface area (Å²) in [6.07, 6.45) is 0. The molecule has 0 amide bonds. The van der Waals surface area contributed by atoms with Gasteiger partial charge >= 0.3 is 0 Å². The minimum atomic E-state index is 1.15. The highest BCUT2D eigenvalue weighted by Gasteiger charge is 2.22. The molecule has 0 fully saturated rings. The van der Waals surface area contributed by atoms with Gasteiger partial charge in [0.25, 0.3) is 0 Å². The lowest BCUT2D eigenvalue weighted by Gasteiger charge is -2.20. The standard InChI is InChI=1S/C42H28N2/c1-3-13-28(14-4-1)30-17-11-18-31(27-30)33-22-12-21-32(29-15-5-2-6-16-29)41(33)44-39-24-10-8-19-34(39)35-25-26-38-40(42(35)44)36-20-7-9-23-37(36)43-38/h1-27,43H. The Labute approximate surface area is 255 Å². The Bertz CT molecular complexity index is 2480. The molecular formula is C42H28N2. The molecule has 0 radical (unpaired) electrons. The normalized spacial score (nSPS) is 11.6. The molecule has 0 unspecified atom stereocenters. The second-order valence-electron chi connectivity index (χ2n) is 11.4. The van der Waals surface area contributed by atoms with Crippen molar-refractivity contribution in [2.45, 2.75) is 0 Å². The highest BCUT2D eigenvalue weighted by Crippen LogP contribution is 2.44. The fraction of sp³-hybridized carbons (Fsp3) is 0. The molecular weight excluding hydrogens is 532 g/mol. The summed E-state index contributed by atoms with van der Waals surface area (Å²) < 4.78 is 2.53. The van der Waals surface area contributed by atoms with Gasteiger partial charge in [0.15, 0.2) is 0 Å². The summed E-state index contributed by atoms with van der Waals surface area (Å²) in [6, 6.07) is 59.2. The number of aromatic nitrogens is 2. The molecule has 0 aliphatic rings. The minimum Gasteiger partial charge on any atom is -0.354 e. The lowest BCUT2D eigenvalue weighted by atomic mass is 9.93. The van der Waals surface area contributed by atoms with Gasteiger partial charge in [-0.25, -0.2) is 0 Å².